The first kappa shape index (κ1) is 19.2. The van der Waals surface area contributed by atoms with E-state index >= 15 is 0 Å². The molecule has 0 saturated heterocycles. The molecule has 2 aromatic rings. The first-order chi connectivity index (χ1) is 9.41. The van der Waals surface area contributed by atoms with Gasteiger partial charge in [-0.25, -0.2) is 0 Å². The molecule has 0 amide bonds. The molecular weight excluding hydrogens is 375 g/mol. The summed E-state index contributed by atoms with van der Waals surface area (Å²) in [6.07, 6.45) is 0. The van der Waals surface area contributed by atoms with E-state index in [0.717, 1.165) is 11.1 Å². The van der Waals surface area contributed by atoms with E-state index in [1.165, 1.54) is 12.1 Å². The topological polar surface area (TPSA) is 80.3 Å². The van der Waals surface area contributed by atoms with Crippen molar-refractivity contribution in [1.29, 1.82) is 0 Å². The van der Waals surface area contributed by atoms with Crippen molar-refractivity contribution >= 4 is 35.8 Å². The summed E-state index contributed by atoms with van der Waals surface area (Å²) in [5.74, 6) is -2.23. The van der Waals surface area contributed by atoms with E-state index in [4.69, 9.17) is 0 Å². The van der Waals surface area contributed by atoms with Crippen LogP contribution in [0.5, 0.6) is 0 Å². The summed E-state index contributed by atoms with van der Waals surface area (Å²) in [5, 5.41) is 20.6. The standard InChI is InChI=1S/2C8H8O2.Sn/c1-6-3-2-4-7(5-6)8(9)10;1-6-4-2-3-5-7(6)8(9)10;/h2*2-5H,1H3,(H,9,10);/q;;+2/p-2. The fraction of sp³-hybridized carbons (Fsp3) is 0.125. The number of carbonyl (C=O) groups is 2. The summed E-state index contributed by atoms with van der Waals surface area (Å²) in [6, 6.07) is 13.4. The number of rotatable bonds is 2. The minimum Gasteiger partial charge on any atom is -0.545 e. The van der Waals surface area contributed by atoms with Crippen LogP contribution in [0, 0.1) is 13.8 Å². The molecule has 0 aliphatic heterocycles. The first-order valence-corrected chi connectivity index (χ1v) is 5.97. The monoisotopic (exact) mass is 390 g/mol. The zero-order valence-corrected chi connectivity index (χ0v) is 14.6. The Balaban J connectivity index is 0.000000364. The maximum absolute atomic E-state index is 10.3. The smallest absolute Gasteiger partial charge is 0.545 e. The van der Waals surface area contributed by atoms with Gasteiger partial charge in [-0.15, -0.1) is 0 Å². The van der Waals surface area contributed by atoms with E-state index in [0.29, 0.717) is 0 Å². The molecule has 2 aromatic carbocycles. The van der Waals surface area contributed by atoms with Crippen molar-refractivity contribution in [2.75, 3.05) is 0 Å². The minimum atomic E-state index is -1.12. The van der Waals surface area contributed by atoms with Crippen LogP contribution in [-0.4, -0.2) is 35.8 Å². The summed E-state index contributed by atoms with van der Waals surface area (Å²) >= 11 is 0. The molecule has 2 radical (unpaired) electrons. The summed E-state index contributed by atoms with van der Waals surface area (Å²) in [7, 11) is 0. The number of aromatic carboxylic acids is 2. The second kappa shape index (κ2) is 9.18. The summed E-state index contributed by atoms with van der Waals surface area (Å²) < 4.78 is 0. The number of hydrogen-bond donors (Lipinski definition) is 0. The van der Waals surface area contributed by atoms with Gasteiger partial charge >= 0.3 is 23.9 Å². The van der Waals surface area contributed by atoms with E-state index in [1.807, 2.05) is 13.0 Å². The van der Waals surface area contributed by atoms with Gasteiger partial charge in [0, 0.05) is 5.56 Å². The average molecular weight is 389 g/mol. The maximum Gasteiger partial charge on any atom is 2.00 e. The summed E-state index contributed by atoms with van der Waals surface area (Å²) in [4.78, 5) is 20.6. The maximum atomic E-state index is 10.3. The molecule has 0 aliphatic rings. The minimum absolute atomic E-state index is 0. The zero-order chi connectivity index (χ0) is 15.1. The van der Waals surface area contributed by atoms with Crippen LogP contribution < -0.4 is 10.2 Å². The van der Waals surface area contributed by atoms with Crippen LogP contribution in [-0.2, 0) is 0 Å². The van der Waals surface area contributed by atoms with E-state index in [2.05, 4.69) is 0 Å². The van der Waals surface area contributed by atoms with Crippen LogP contribution in [0.1, 0.15) is 31.8 Å². The molecule has 0 bridgehead atoms. The second-order valence-electron chi connectivity index (χ2n) is 4.26. The summed E-state index contributed by atoms with van der Waals surface area (Å²) in [6.45, 7) is 3.58. The zero-order valence-electron chi connectivity index (χ0n) is 11.8. The number of hydrogen-bond acceptors (Lipinski definition) is 4. The number of aryl methyl sites for hydroxylation is 2. The Bertz CT molecular complexity index is 623. The van der Waals surface area contributed by atoms with Gasteiger partial charge in [0.25, 0.3) is 0 Å². The molecule has 21 heavy (non-hydrogen) atoms. The molecule has 0 unspecified atom stereocenters. The predicted octanol–water partition coefficient (Wildman–Crippen LogP) is 0.336. The Morgan fingerprint density at radius 2 is 1.48 bits per heavy atom. The van der Waals surface area contributed by atoms with Crippen LogP contribution >= 0.6 is 0 Å². The molecule has 0 N–H and O–H groups in total. The molecule has 4 nitrogen and oxygen atoms in total. The van der Waals surface area contributed by atoms with E-state index in [-0.39, 0.29) is 35.0 Å². The quantitative estimate of drug-likeness (QED) is 0.694. The number of carboxylic acid groups (broad SMARTS) is 2. The van der Waals surface area contributed by atoms with Gasteiger partial charge < -0.3 is 19.8 Å². The van der Waals surface area contributed by atoms with E-state index in [9.17, 15) is 19.8 Å². The predicted molar refractivity (Wildman–Crippen MR) is 76.8 cm³/mol. The van der Waals surface area contributed by atoms with E-state index < -0.39 is 11.9 Å². The third-order valence-corrected chi connectivity index (χ3v) is 2.62. The van der Waals surface area contributed by atoms with E-state index in [1.54, 1.807) is 37.3 Å². The van der Waals surface area contributed by atoms with Crippen LogP contribution in [0.25, 0.3) is 0 Å². The molecule has 0 saturated carbocycles. The third-order valence-electron chi connectivity index (χ3n) is 2.62. The Morgan fingerprint density at radius 1 is 0.857 bits per heavy atom. The van der Waals surface area contributed by atoms with Crippen molar-refractivity contribution in [3.05, 3.63) is 70.8 Å². The molecule has 0 aromatic heterocycles. The SMILES string of the molecule is Cc1cccc(C(=O)[O-])c1.Cc1ccccc1C(=O)[O-].[Sn+2]. The number of carboxylic acids is 2. The molecular formula is C16H14O4Sn. The molecule has 0 spiro atoms. The number of carbonyl (C=O) groups excluding carboxylic acids is 2. The van der Waals surface area contributed by atoms with Crippen molar-refractivity contribution in [3.8, 4) is 0 Å². The van der Waals surface area contributed by atoms with Gasteiger partial charge in [-0.05, 0) is 25.0 Å². The molecule has 0 atom stereocenters. The van der Waals surface area contributed by atoms with Crippen LogP contribution in [0.3, 0.4) is 0 Å². The largest absolute Gasteiger partial charge is 2.00 e. The molecule has 5 heteroatoms. The Kier molecular flexibility index (Phi) is 8.38. The van der Waals surface area contributed by atoms with Crippen LogP contribution in [0.4, 0.5) is 0 Å². The molecule has 0 heterocycles. The molecule has 0 aliphatic carbocycles. The van der Waals surface area contributed by atoms with Crippen molar-refractivity contribution in [2.45, 2.75) is 13.8 Å². The second-order valence-corrected chi connectivity index (χ2v) is 4.26. The number of benzene rings is 2. The summed E-state index contributed by atoms with van der Waals surface area (Å²) in [5.41, 5.74) is 2.17. The Labute approximate surface area is 140 Å². The fourth-order valence-electron chi connectivity index (χ4n) is 1.57. The third kappa shape index (κ3) is 6.44. The molecule has 2 rings (SSSR count). The normalized spacial score (nSPS) is 8.86. The first-order valence-electron chi connectivity index (χ1n) is 5.97. The van der Waals surface area contributed by atoms with Crippen molar-refractivity contribution in [1.82, 2.24) is 0 Å². The van der Waals surface area contributed by atoms with Crippen LogP contribution in [0.2, 0.25) is 0 Å². The van der Waals surface area contributed by atoms with Crippen LogP contribution in [0.15, 0.2) is 48.5 Å². The van der Waals surface area contributed by atoms with Gasteiger partial charge in [-0.2, -0.15) is 0 Å². The molecule has 0 fully saturated rings. The van der Waals surface area contributed by atoms with Gasteiger partial charge in [0.1, 0.15) is 0 Å². The van der Waals surface area contributed by atoms with Crippen molar-refractivity contribution < 1.29 is 19.8 Å². The van der Waals surface area contributed by atoms with Crippen molar-refractivity contribution in [2.24, 2.45) is 0 Å². The van der Waals surface area contributed by atoms with Gasteiger partial charge in [0.05, 0.1) is 11.9 Å². The van der Waals surface area contributed by atoms with Gasteiger partial charge in [0.15, 0.2) is 0 Å². The van der Waals surface area contributed by atoms with Gasteiger partial charge in [0.2, 0.25) is 0 Å². The Morgan fingerprint density at radius 3 is 1.86 bits per heavy atom. The van der Waals surface area contributed by atoms with Gasteiger partial charge in [-0.3, -0.25) is 0 Å². The Hall–Kier alpha value is -1.82. The molecule has 106 valence electrons. The van der Waals surface area contributed by atoms with Crippen molar-refractivity contribution in [3.63, 3.8) is 0 Å². The fourth-order valence-corrected chi connectivity index (χ4v) is 1.57. The van der Waals surface area contributed by atoms with Gasteiger partial charge in [-0.1, -0.05) is 54.1 Å². The average Bonchev–Trinajstić information content (AvgIpc) is 2.39.